The third kappa shape index (κ3) is 5.20. The lowest BCUT2D eigenvalue weighted by Gasteiger charge is -2.17. The quantitative estimate of drug-likeness (QED) is 0.617. The molecule has 138 valence electrons. The highest BCUT2D eigenvalue weighted by Crippen LogP contribution is 2.33. The zero-order valence-electron chi connectivity index (χ0n) is 15.9. The van der Waals surface area contributed by atoms with E-state index in [2.05, 4.69) is 20.8 Å². The molecule has 0 unspecified atom stereocenters. The van der Waals surface area contributed by atoms with Crippen molar-refractivity contribution in [1.29, 1.82) is 0 Å². The Morgan fingerprint density at radius 3 is 2.44 bits per heavy atom. The van der Waals surface area contributed by atoms with Crippen LogP contribution in [0.25, 0.3) is 6.08 Å². The molecule has 3 rings (SSSR count). The summed E-state index contributed by atoms with van der Waals surface area (Å²) in [6, 6.07) is 18.1. The van der Waals surface area contributed by atoms with E-state index in [1.807, 2.05) is 72.8 Å². The summed E-state index contributed by atoms with van der Waals surface area (Å²) in [6.45, 7) is 6.93. The van der Waals surface area contributed by atoms with Crippen molar-refractivity contribution in [3.8, 4) is 0 Å². The van der Waals surface area contributed by atoms with Gasteiger partial charge in [-0.05, 0) is 48.4 Å². The smallest absolute Gasteiger partial charge is 0.266 e. The fraction of sp³-hybridized carbons (Fsp3) is 0.217. The van der Waals surface area contributed by atoms with Crippen molar-refractivity contribution >= 4 is 34.6 Å². The molecule has 0 atom stereocenters. The van der Waals surface area contributed by atoms with Crippen molar-refractivity contribution < 1.29 is 4.79 Å². The number of hydrogen-bond acceptors (Lipinski definition) is 3. The summed E-state index contributed by atoms with van der Waals surface area (Å²) in [5.74, 6) is 0.397. The van der Waals surface area contributed by atoms with E-state index >= 15 is 0 Å². The number of aliphatic imine (C=N–C) groups is 1. The van der Waals surface area contributed by atoms with Gasteiger partial charge in [-0.2, -0.15) is 0 Å². The molecule has 1 aliphatic rings. The topological polar surface area (TPSA) is 32.7 Å². The molecule has 0 radical (unpaired) electrons. The zero-order chi connectivity index (χ0) is 19.2. The normalized spacial score (nSPS) is 17.8. The Morgan fingerprint density at radius 2 is 1.78 bits per heavy atom. The van der Waals surface area contributed by atoms with Crippen molar-refractivity contribution in [1.82, 2.24) is 4.90 Å². The van der Waals surface area contributed by atoms with Crippen molar-refractivity contribution in [3.63, 3.8) is 0 Å². The number of rotatable bonds is 5. The van der Waals surface area contributed by atoms with Crippen molar-refractivity contribution in [3.05, 3.63) is 82.8 Å². The van der Waals surface area contributed by atoms with E-state index < -0.39 is 0 Å². The van der Waals surface area contributed by atoms with Gasteiger partial charge in [0.15, 0.2) is 5.17 Å². The molecular weight excluding hydrogens is 352 g/mol. The van der Waals surface area contributed by atoms with Crippen LogP contribution in [0.5, 0.6) is 0 Å². The average Bonchev–Trinajstić information content (AvgIpc) is 2.93. The van der Waals surface area contributed by atoms with Gasteiger partial charge in [0.05, 0.1) is 10.6 Å². The first kappa shape index (κ1) is 19.2. The predicted molar refractivity (Wildman–Crippen MR) is 116 cm³/mol. The SMILES string of the molecule is Cc1ccc(N=C2S/C(=C/C=C/c3ccccc3)C(=O)N2CC(C)C)cc1. The van der Waals surface area contributed by atoms with E-state index in [1.165, 1.54) is 17.3 Å². The fourth-order valence-corrected chi connectivity index (χ4v) is 3.63. The van der Waals surface area contributed by atoms with Crippen LogP contribution in [0.15, 0.2) is 76.6 Å². The zero-order valence-corrected chi connectivity index (χ0v) is 16.7. The molecule has 3 nitrogen and oxygen atoms in total. The lowest BCUT2D eigenvalue weighted by molar-refractivity contribution is -0.122. The van der Waals surface area contributed by atoms with Gasteiger partial charge in [-0.1, -0.05) is 74.0 Å². The number of carbonyl (C=O) groups excluding carboxylic acids is 1. The average molecular weight is 377 g/mol. The van der Waals surface area contributed by atoms with Crippen LogP contribution in [0.4, 0.5) is 5.69 Å². The number of carbonyl (C=O) groups is 1. The van der Waals surface area contributed by atoms with Crippen LogP contribution in [-0.4, -0.2) is 22.5 Å². The molecule has 27 heavy (non-hydrogen) atoms. The van der Waals surface area contributed by atoms with Gasteiger partial charge >= 0.3 is 0 Å². The van der Waals surface area contributed by atoms with Gasteiger partial charge in [-0.25, -0.2) is 4.99 Å². The second-order valence-corrected chi connectivity index (χ2v) is 7.95. The van der Waals surface area contributed by atoms with Crippen LogP contribution in [0, 0.1) is 12.8 Å². The van der Waals surface area contributed by atoms with Gasteiger partial charge < -0.3 is 0 Å². The van der Waals surface area contributed by atoms with Crippen molar-refractivity contribution in [2.75, 3.05) is 6.54 Å². The van der Waals surface area contributed by atoms with Crippen molar-refractivity contribution in [2.24, 2.45) is 10.9 Å². The largest absolute Gasteiger partial charge is 0.286 e. The second kappa shape index (κ2) is 8.87. The molecule has 0 aliphatic carbocycles. The monoisotopic (exact) mass is 376 g/mol. The predicted octanol–water partition coefficient (Wildman–Crippen LogP) is 5.81. The van der Waals surface area contributed by atoms with Gasteiger partial charge in [-0.15, -0.1) is 0 Å². The first-order chi connectivity index (χ1) is 13.0. The number of aryl methyl sites for hydroxylation is 1. The Bertz CT molecular complexity index is 880. The molecule has 0 spiro atoms. The van der Waals surface area contributed by atoms with Crippen LogP contribution in [0.3, 0.4) is 0 Å². The minimum Gasteiger partial charge on any atom is -0.286 e. The van der Waals surface area contributed by atoms with Gasteiger partial charge in [-0.3, -0.25) is 9.69 Å². The first-order valence-corrected chi connectivity index (χ1v) is 9.93. The van der Waals surface area contributed by atoms with Crippen LogP contribution < -0.4 is 0 Å². The Balaban J connectivity index is 1.84. The maximum absolute atomic E-state index is 12.9. The number of thioether (sulfide) groups is 1. The summed E-state index contributed by atoms with van der Waals surface area (Å²) >= 11 is 1.44. The highest BCUT2D eigenvalue weighted by Gasteiger charge is 2.33. The molecule has 4 heteroatoms. The maximum atomic E-state index is 12.9. The number of benzene rings is 2. The van der Waals surface area contributed by atoms with E-state index in [-0.39, 0.29) is 5.91 Å². The van der Waals surface area contributed by atoms with E-state index in [0.717, 1.165) is 16.4 Å². The number of amidine groups is 1. The standard InChI is InChI=1S/C23H24N2OS/c1-17(2)16-25-22(26)21(11-7-10-19-8-5-4-6-9-19)27-23(25)24-20-14-12-18(3)13-15-20/h4-15,17H,16H2,1-3H3/b10-7+,21-11+,24-23?. The highest BCUT2D eigenvalue weighted by molar-refractivity contribution is 8.18. The van der Waals surface area contributed by atoms with Gasteiger partial charge in [0, 0.05) is 6.54 Å². The lowest BCUT2D eigenvalue weighted by atomic mass is 10.2. The van der Waals surface area contributed by atoms with Crippen LogP contribution in [0.1, 0.15) is 25.0 Å². The summed E-state index contributed by atoms with van der Waals surface area (Å²) in [4.78, 5) is 20.1. The number of hydrogen-bond donors (Lipinski definition) is 0. The molecule has 1 amide bonds. The van der Waals surface area contributed by atoms with E-state index in [1.54, 1.807) is 4.90 Å². The van der Waals surface area contributed by atoms with Gasteiger partial charge in [0.1, 0.15) is 0 Å². The molecule has 0 saturated carbocycles. The van der Waals surface area contributed by atoms with Crippen molar-refractivity contribution in [2.45, 2.75) is 20.8 Å². The van der Waals surface area contributed by atoms with E-state index in [9.17, 15) is 4.79 Å². The summed E-state index contributed by atoms with van der Waals surface area (Å²) in [5, 5.41) is 0.747. The number of amides is 1. The third-order valence-corrected chi connectivity index (χ3v) is 5.06. The molecule has 1 aliphatic heterocycles. The Kier molecular flexibility index (Phi) is 6.30. The highest BCUT2D eigenvalue weighted by atomic mass is 32.2. The second-order valence-electron chi connectivity index (χ2n) is 6.94. The molecule has 0 bridgehead atoms. The summed E-state index contributed by atoms with van der Waals surface area (Å²) in [5.41, 5.74) is 3.17. The fourth-order valence-electron chi connectivity index (χ4n) is 2.67. The number of nitrogens with zero attached hydrogens (tertiary/aromatic N) is 2. The Labute approximate surface area is 165 Å². The summed E-state index contributed by atoms with van der Waals surface area (Å²) < 4.78 is 0. The Hall–Kier alpha value is -2.59. The van der Waals surface area contributed by atoms with Gasteiger partial charge in [0.25, 0.3) is 5.91 Å². The molecule has 2 aromatic carbocycles. The van der Waals surface area contributed by atoms with Crippen LogP contribution >= 0.6 is 11.8 Å². The number of allylic oxidation sites excluding steroid dienone is 2. The minimum absolute atomic E-state index is 0.0253. The molecular formula is C23H24N2OS. The summed E-state index contributed by atoms with van der Waals surface area (Å²) in [7, 11) is 0. The molecule has 2 aromatic rings. The lowest BCUT2D eigenvalue weighted by Crippen LogP contribution is -2.32. The van der Waals surface area contributed by atoms with Crippen LogP contribution in [0.2, 0.25) is 0 Å². The third-order valence-electron chi connectivity index (χ3n) is 4.03. The maximum Gasteiger partial charge on any atom is 0.266 e. The van der Waals surface area contributed by atoms with Crippen LogP contribution in [-0.2, 0) is 4.79 Å². The van der Waals surface area contributed by atoms with E-state index in [0.29, 0.717) is 17.4 Å². The molecule has 1 heterocycles. The first-order valence-electron chi connectivity index (χ1n) is 9.11. The minimum atomic E-state index is 0.0253. The molecule has 1 saturated heterocycles. The molecule has 1 fully saturated rings. The van der Waals surface area contributed by atoms with Gasteiger partial charge in [0.2, 0.25) is 0 Å². The molecule has 0 N–H and O–H groups in total. The molecule has 0 aromatic heterocycles. The van der Waals surface area contributed by atoms with E-state index in [4.69, 9.17) is 4.99 Å². The Morgan fingerprint density at radius 1 is 1.07 bits per heavy atom. The summed E-state index contributed by atoms with van der Waals surface area (Å²) in [6.07, 6.45) is 5.81.